The first-order valence-corrected chi connectivity index (χ1v) is 10.1. The van der Waals surface area contributed by atoms with Gasteiger partial charge in [0.15, 0.2) is 0 Å². The molecule has 0 aliphatic carbocycles. The van der Waals surface area contributed by atoms with E-state index in [1.54, 1.807) is 18.2 Å². The SMILES string of the molecule is NCCCCCNc1ccc2c(c1)C(=O)N(C1CCC(=O)NC1=O)C2=O.O=C(O)C(F)(F)F. The number of carboxylic acids is 1. The van der Waals surface area contributed by atoms with Gasteiger partial charge in [0.05, 0.1) is 11.1 Å². The summed E-state index contributed by atoms with van der Waals surface area (Å²) in [7, 11) is 0. The van der Waals surface area contributed by atoms with E-state index in [1.807, 2.05) is 0 Å². The lowest BCUT2D eigenvalue weighted by Crippen LogP contribution is -2.54. The van der Waals surface area contributed by atoms with Crippen molar-refractivity contribution < 1.29 is 42.3 Å². The van der Waals surface area contributed by atoms with Crippen molar-refractivity contribution in [2.75, 3.05) is 18.4 Å². The zero-order valence-electron chi connectivity index (χ0n) is 17.4. The van der Waals surface area contributed by atoms with Crippen molar-refractivity contribution in [1.82, 2.24) is 10.2 Å². The number of unbranched alkanes of at least 4 members (excludes halogenated alkanes) is 2. The second kappa shape index (κ2) is 10.9. The summed E-state index contributed by atoms with van der Waals surface area (Å²) in [6.45, 7) is 1.42. The fraction of sp³-hybridized carbons (Fsp3) is 0.450. The number of carbonyl (C=O) groups excluding carboxylic acids is 4. The number of alkyl halides is 3. The Morgan fingerprint density at radius 2 is 1.76 bits per heavy atom. The van der Waals surface area contributed by atoms with Gasteiger partial charge >= 0.3 is 12.1 Å². The Labute approximate surface area is 186 Å². The number of nitrogens with two attached hydrogens (primary N) is 1. The van der Waals surface area contributed by atoms with E-state index in [0.29, 0.717) is 6.54 Å². The highest BCUT2D eigenvalue weighted by atomic mass is 19.4. The molecule has 3 rings (SSSR count). The number of amides is 4. The van der Waals surface area contributed by atoms with Gasteiger partial charge in [-0.3, -0.25) is 29.4 Å². The van der Waals surface area contributed by atoms with E-state index in [-0.39, 0.29) is 29.9 Å². The van der Waals surface area contributed by atoms with Gasteiger partial charge in [-0.15, -0.1) is 0 Å². The number of nitrogens with zero attached hydrogens (tertiary/aromatic N) is 1. The number of rotatable bonds is 7. The first kappa shape index (κ1) is 25.8. The molecule has 2 heterocycles. The minimum Gasteiger partial charge on any atom is -0.475 e. The van der Waals surface area contributed by atoms with Crippen LogP contribution in [-0.4, -0.2) is 64.9 Å². The van der Waals surface area contributed by atoms with Crippen molar-refractivity contribution in [1.29, 1.82) is 0 Å². The Kier molecular flexibility index (Phi) is 8.51. The quantitative estimate of drug-likeness (QED) is 0.341. The molecule has 1 fully saturated rings. The second-order valence-electron chi connectivity index (χ2n) is 7.29. The topological polar surface area (TPSA) is 159 Å². The van der Waals surface area contributed by atoms with Crippen LogP contribution in [0.4, 0.5) is 18.9 Å². The maximum atomic E-state index is 12.7. The lowest BCUT2D eigenvalue weighted by atomic mass is 10.0. The molecule has 0 bridgehead atoms. The fourth-order valence-electron chi connectivity index (χ4n) is 3.26. The van der Waals surface area contributed by atoms with Crippen LogP contribution in [0.1, 0.15) is 52.8 Å². The van der Waals surface area contributed by atoms with Crippen LogP contribution in [0.15, 0.2) is 18.2 Å². The molecule has 0 aromatic heterocycles. The van der Waals surface area contributed by atoms with Crippen LogP contribution in [0.5, 0.6) is 0 Å². The zero-order valence-corrected chi connectivity index (χ0v) is 17.4. The van der Waals surface area contributed by atoms with Crippen LogP contribution in [0.25, 0.3) is 0 Å². The molecule has 2 aliphatic heterocycles. The molecular weight excluding hydrogens is 449 g/mol. The Balaban J connectivity index is 0.000000479. The van der Waals surface area contributed by atoms with Crippen molar-refractivity contribution in [2.45, 2.75) is 44.3 Å². The number of piperidine rings is 1. The first-order valence-electron chi connectivity index (χ1n) is 10.1. The molecular formula is C20H23F3N4O6. The average molecular weight is 472 g/mol. The fourth-order valence-corrected chi connectivity index (χ4v) is 3.26. The predicted octanol–water partition coefficient (Wildman–Crippen LogP) is 1.26. The van der Waals surface area contributed by atoms with Gasteiger partial charge in [0.2, 0.25) is 11.8 Å². The molecule has 0 spiro atoms. The molecule has 1 atom stereocenters. The molecule has 180 valence electrons. The molecule has 0 saturated carbocycles. The standard InChI is InChI=1S/C18H22N4O4.C2HF3O2/c19-8-2-1-3-9-20-11-4-5-12-13(10-11)18(26)22(17(12)25)14-6-7-15(23)21-16(14)24;3-2(4,5)1(6)7/h4-5,10,14,20H,1-3,6-9,19H2,(H,21,23,24);(H,6,7). The summed E-state index contributed by atoms with van der Waals surface area (Å²) in [6, 6.07) is 4.06. The van der Waals surface area contributed by atoms with E-state index in [1.165, 1.54) is 0 Å². The van der Waals surface area contributed by atoms with Gasteiger partial charge in [-0.2, -0.15) is 13.2 Å². The minimum atomic E-state index is -5.08. The van der Waals surface area contributed by atoms with Crippen molar-refractivity contribution in [3.05, 3.63) is 29.3 Å². The summed E-state index contributed by atoms with van der Waals surface area (Å²) in [5.74, 6) is -4.73. The normalized spacial score (nSPS) is 17.8. The van der Waals surface area contributed by atoms with Crippen molar-refractivity contribution >= 4 is 35.3 Å². The number of imide groups is 2. The lowest BCUT2D eigenvalue weighted by Gasteiger charge is -2.27. The van der Waals surface area contributed by atoms with Crippen molar-refractivity contribution in [3.63, 3.8) is 0 Å². The second-order valence-corrected chi connectivity index (χ2v) is 7.29. The number of halogens is 3. The maximum absolute atomic E-state index is 12.7. The molecule has 1 aromatic carbocycles. The number of carboxylic acid groups (broad SMARTS) is 1. The number of nitrogens with one attached hydrogen (secondary N) is 2. The van der Waals surface area contributed by atoms with Crippen LogP contribution in [0.2, 0.25) is 0 Å². The third-order valence-electron chi connectivity index (χ3n) is 4.89. The summed E-state index contributed by atoms with van der Waals surface area (Å²) in [4.78, 5) is 58.5. The Hall–Kier alpha value is -3.48. The summed E-state index contributed by atoms with van der Waals surface area (Å²) in [5.41, 5.74) is 6.78. The molecule has 33 heavy (non-hydrogen) atoms. The highest BCUT2D eigenvalue weighted by Gasteiger charge is 2.44. The molecule has 0 radical (unpaired) electrons. The number of hydrogen-bond acceptors (Lipinski definition) is 7. The van der Waals surface area contributed by atoms with Crippen LogP contribution in [-0.2, 0) is 14.4 Å². The van der Waals surface area contributed by atoms with Gasteiger partial charge in [-0.05, 0) is 44.0 Å². The van der Waals surface area contributed by atoms with Gasteiger partial charge in [-0.25, -0.2) is 4.79 Å². The van der Waals surface area contributed by atoms with Gasteiger partial charge in [0.1, 0.15) is 6.04 Å². The van der Waals surface area contributed by atoms with E-state index in [2.05, 4.69) is 10.6 Å². The minimum absolute atomic E-state index is 0.111. The summed E-state index contributed by atoms with van der Waals surface area (Å²) in [5, 5.41) is 12.5. The number of fused-ring (bicyclic) bond motifs is 1. The molecule has 4 amide bonds. The highest BCUT2D eigenvalue weighted by Crippen LogP contribution is 2.29. The van der Waals surface area contributed by atoms with Gasteiger partial charge in [0.25, 0.3) is 11.8 Å². The van der Waals surface area contributed by atoms with E-state index in [0.717, 1.165) is 36.4 Å². The smallest absolute Gasteiger partial charge is 0.475 e. The monoisotopic (exact) mass is 472 g/mol. The number of hydrogen-bond donors (Lipinski definition) is 4. The molecule has 1 unspecified atom stereocenters. The third kappa shape index (κ3) is 6.51. The zero-order chi connectivity index (χ0) is 24.8. The predicted molar refractivity (Wildman–Crippen MR) is 108 cm³/mol. The van der Waals surface area contributed by atoms with Gasteiger partial charge < -0.3 is 16.2 Å². The summed E-state index contributed by atoms with van der Waals surface area (Å²) >= 11 is 0. The number of anilines is 1. The molecule has 2 aliphatic rings. The van der Waals surface area contributed by atoms with E-state index in [9.17, 15) is 32.3 Å². The van der Waals surface area contributed by atoms with E-state index in [4.69, 9.17) is 15.6 Å². The number of aliphatic carboxylic acids is 1. The average Bonchev–Trinajstić information content (AvgIpc) is 2.98. The number of carbonyl (C=O) groups is 5. The van der Waals surface area contributed by atoms with Crippen LogP contribution in [0, 0.1) is 0 Å². The van der Waals surface area contributed by atoms with Crippen LogP contribution >= 0.6 is 0 Å². The first-order chi connectivity index (χ1) is 15.5. The third-order valence-corrected chi connectivity index (χ3v) is 4.89. The van der Waals surface area contributed by atoms with Crippen molar-refractivity contribution in [2.24, 2.45) is 5.73 Å². The van der Waals surface area contributed by atoms with E-state index >= 15 is 0 Å². The molecule has 1 aromatic rings. The highest BCUT2D eigenvalue weighted by molar-refractivity contribution is 6.23. The van der Waals surface area contributed by atoms with Crippen molar-refractivity contribution in [3.8, 4) is 0 Å². The largest absolute Gasteiger partial charge is 0.490 e. The Morgan fingerprint density at radius 3 is 2.33 bits per heavy atom. The van der Waals surface area contributed by atoms with Gasteiger partial charge in [0, 0.05) is 18.7 Å². The van der Waals surface area contributed by atoms with Crippen LogP contribution < -0.4 is 16.4 Å². The molecule has 13 heteroatoms. The lowest BCUT2D eigenvalue weighted by molar-refractivity contribution is -0.192. The summed E-state index contributed by atoms with van der Waals surface area (Å²) < 4.78 is 31.7. The molecule has 1 saturated heterocycles. The Bertz CT molecular complexity index is 950. The van der Waals surface area contributed by atoms with Gasteiger partial charge in [-0.1, -0.05) is 6.42 Å². The summed E-state index contributed by atoms with van der Waals surface area (Å²) in [6.07, 6.45) is -1.86. The van der Waals surface area contributed by atoms with E-state index < -0.39 is 35.9 Å². The maximum Gasteiger partial charge on any atom is 0.490 e. The molecule has 5 N–H and O–H groups in total. The molecule has 10 nitrogen and oxygen atoms in total. The number of benzene rings is 1. The van der Waals surface area contributed by atoms with Crippen LogP contribution in [0.3, 0.4) is 0 Å². The Morgan fingerprint density at radius 1 is 1.12 bits per heavy atom.